The molecule has 18 heteroatoms. The van der Waals surface area contributed by atoms with E-state index in [4.69, 9.17) is 34.3 Å². The van der Waals surface area contributed by atoms with Gasteiger partial charge in [-0.15, -0.1) is 0 Å². The molecule has 0 aromatic rings. The molecule has 0 aromatic heterocycles. The topological polar surface area (TPSA) is 238 Å². The van der Waals surface area contributed by atoms with Crippen molar-refractivity contribution in [3.63, 3.8) is 0 Å². The van der Waals surface area contributed by atoms with E-state index in [9.17, 15) is 18.3 Å². The number of hydrogen-bond acceptors (Lipinski definition) is 7. The van der Waals surface area contributed by atoms with Crippen molar-refractivity contribution in [1.29, 1.82) is 0 Å². The summed E-state index contributed by atoms with van der Waals surface area (Å²) in [6, 6.07) is 0. The minimum Gasteiger partial charge on any atom is -0.302 e. The SMILES string of the molecule is CC(C)=CCC/C(C)=C/COP(=O)(O)OP(=O)(O)O.O=P(O)(O)OP(=O)(O)O. The Labute approximate surface area is 161 Å². The van der Waals surface area contributed by atoms with Crippen LogP contribution in [0.2, 0.25) is 0 Å². The van der Waals surface area contributed by atoms with Crippen molar-refractivity contribution in [2.45, 2.75) is 33.6 Å². The van der Waals surface area contributed by atoms with Gasteiger partial charge < -0.3 is 34.3 Å². The molecule has 0 radical (unpaired) electrons. The van der Waals surface area contributed by atoms with Gasteiger partial charge in [-0.3, -0.25) is 4.52 Å². The van der Waals surface area contributed by atoms with Crippen LogP contribution in [0.3, 0.4) is 0 Å². The van der Waals surface area contributed by atoms with Crippen LogP contribution in [-0.4, -0.2) is 40.9 Å². The Hall–Kier alpha value is -0.0000000000000000971. The maximum Gasteiger partial charge on any atom is 0.481 e. The summed E-state index contributed by atoms with van der Waals surface area (Å²) in [7, 11) is -19.9. The standard InChI is InChI=1S/C10H20O7P2.H4O7P2/c1-9(2)5-4-6-10(3)7-8-16-19(14,15)17-18(11,12)13;1-8(2,3)7-9(4,5)6/h5,7H,4,6,8H2,1-3H3,(H,14,15)(H2,11,12,13);(H2,1,2,3)(H2,4,5,6)/b10-7+;. The van der Waals surface area contributed by atoms with Gasteiger partial charge in [0, 0.05) is 0 Å². The lowest BCUT2D eigenvalue weighted by Crippen LogP contribution is -1.94. The molecule has 0 spiro atoms. The van der Waals surface area contributed by atoms with Gasteiger partial charge in [0.2, 0.25) is 0 Å². The maximum absolute atomic E-state index is 11.1. The molecule has 1 unspecified atom stereocenters. The predicted octanol–water partition coefficient (Wildman–Crippen LogP) is 2.09. The van der Waals surface area contributed by atoms with Gasteiger partial charge in [-0.2, -0.15) is 8.62 Å². The molecule has 14 nitrogen and oxygen atoms in total. The fourth-order valence-corrected chi connectivity index (χ4v) is 3.90. The molecular formula is C10H24O14P4. The van der Waals surface area contributed by atoms with Crippen molar-refractivity contribution in [3.05, 3.63) is 23.3 Å². The summed E-state index contributed by atoms with van der Waals surface area (Å²) in [6.07, 6.45) is 5.24. The fraction of sp³-hybridized carbons (Fsp3) is 0.600. The predicted molar refractivity (Wildman–Crippen MR) is 96.5 cm³/mol. The lowest BCUT2D eigenvalue weighted by atomic mass is 10.1. The van der Waals surface area contributed by atoms with Crippen LogP contribution in [0.4, 0.5) is 0 Å². The fourth-order valence-electron chi connectivity index (χ4n) is 1.26. The highest BCUT2D eigenvalue weighted by Gasteiger charge is 2.31. The Kier molecular flexibility index (Phi) is 13.6. The van der Waals surface area contributed by atoms with Gasteiger partial charge in [0.15, 0.2) is 0 Å². The highest BCUT2D eigenvalue weighted by Crippen LogP contribution is 2.57. The highest BCUT2D eigenvalue weighted by molar-refractivity contribution is 7.60. The van der Waals surface area contributed by atoms with E-state index in [0.717, 1.165) is 18.4 Å². The van der Waals surface area contributed by atoms with Gasteiger partial charge in [0.05, 0.1) is 6.61 Å². The molecule has 0 amide bonds. The van der Waals surface area contributed by atoms with Gasteiger partial charge >= 0.3 is 31.3 Å². The average molecular weight is 492 g/mol. The van der Waals surface area contributed by atoms with Crippen molar-refractivity contribution < 1.29 is 65.7 Å². The zero-order chi connectivity index (χ0) is 22.8. The van der Waals surface area contributed by atoms with E-state index in [-0.39, 0.29) is 6.61 Å². The van der Waals surface area contributed by atoms with Crippen LogP contribution in [0, 0.1) is 0 Å². The van der Waals surface area contributed by atoms with Gasteiger partial charge in [0.25, 0.3) is 0 Å². The molecule has 0 fully saturated rings. The van der Waals surface area contributed by atoms with E-state index in [2.05, 4.69) is 19.2 Å². The molecule has 0 rings (SSSR count). The van der Waals surface area contributed by atoms with Crippen LogP contribution >= 0.6 is 31.3 Å². The third kappa shape index (κ3) is 26.0. The quantitative estimate of drug-likeness (QED) is 0.171. The molecule has 0 saturated carbocycles. The first kappa shape index (κ1) is 30.2. The summed E-state index contributed by atoms with van der Waals surface area (Å²) in [5, 5.41) is 0. The average Bonchev–Trinajstić information content (AvgIpc) is 2.30. The van der Waals surface area contributed by atoms with Crippen molar-refractivity contribution in [2.75, 3.05) is 6.61 Å². The van der Waals surface area contributed by atoms with Crippen molar-refractivity contribution in [2.24, 2.45) is 0 Å². The largest absolute Gasteiger partial charge is 0.481 e. The monoisotopic (exact) mass is 492 g/mol. The lowest BCUT2D eigenvalue weighted by molar-refractivity contribution is 0.190. The number of phosphoric acid groups is 4. The zero-order valence-corrected chi connectivity index (χ0v) is 18.6. The Morgan fingerprint density at radius 1 is 0.750 bits per heavy atom. The van der Waals surface area contributed by atoms with E-state index in [1.165, 1.54) is 5.57 Å². The molecule has 28 heavy (non-hydrogen) atoms. The summed E-state index contributed by atoms with van der Waals surface area (Å²) < 4.78 is 51.7. The first-order valence-electron chi connectivity index (χ1n) is 7.08. The second-order valence-corrected chi connectivity index (χ2v) is 10.7. The third-order valence-corrected chi connectivity index (χ3v) is 6.04. The van der Waals surface area contributed by atoms with Crippen LogP contribution in [-0.2, 0) is 31.4 Å². The van der Waals surface area contributed by atoms with Crippen LogP contribution in [0.1, 0.15) is 33.6 Å². The molecule has 0 aliphatic rings. The lowest BCUT2D eigenvalue weighted by Gasteiger charge is -2.11. The summed E-state index contributed by atoms with van der Waals surface area (Å²) in [5.74, 6) is 0. The van der Waals surface area contributed by atoms with Crippen LogP contribution in [0.5, 0.6) is 0 Å². The molecule has 1 atom stereocenters. The summed E-state index contributed by atoms with van der Waals surface area (Å²) in [6.45, 7) is 5.55. The number of phosphoric ester groups is 1. The molecule has 7 N–H and O–H groups in total. The van der Waals surface area contributed by atoms with Gasteiger partial charge in [-0.1, -0.05) is 23.3 Å². The smallest absolute Gasteiger partial charge is 0.302 e. The van der Waals surface area contributed by atoms with Gasteiger partial charge in [-0.25, -0.2) is 18.3 Å². The maximum atomic E-state index is 11.1. The van der Waals surface area contributed by atoms with E-state index < -0.39 is 31.3 Å². The van der Waals surface area contributed by atoms with E-state index in [1.54, 1.807) is 6.08 Å². The van der Waals surface area contributed by atoms with E-state index >= 15 is 0 Å². The molecule has 0 saturated heterocycles. The molecule has 0 aliphatic carbocycles. The van der Waals surface area contributed by atoms with E-state index in [1.807, 2.05) is 20.8 Å². The van der Waals surface area contributed by atoms with Crippen LogP contribution < -0.4 is 0 Å². The van der Waals surface area contributed by atoms with Gasteiger partial charge in [-0.05, 0) is 33.6 Å². The minimum absolute atomic E-state index is 0.256. The Morgan fingerprint density at radius 3 is 1.50 bits per heavy atom. The number of allylic oxidation sites excluding steroid dienone is 3. The van der Waals surface area contributed by atoms with Crippen molar-refractivity contribution in [1.82, 2.24) is 0 Å². The minimum atomic E-state index is -5.05. The second kappa shape index (κ2) is 12.6. The molecule has 0 aromatic carbocycles. The normalized spacial score (nSPS) is 15.3. The summed E-state index contributed by atoms with van der Waals surface area (Å²) in [4.78, 5) is 56.8. The van der Waals surface area contributed by atoms with Crippen molar-refractivity contribution >= 4 is 31.3 Å². The number of hydrogen-bond donors (Lipinski definition) is 7. The summed E-state index contributed by atoms with van der Waals surface area (Å²) in [5.41, 5.74) is 2.15. The Bertz CT molecular complexity index is 700. The van der Waals surface area contributed by atoms with Gasteiger partial charge in [0.1, 0.15) is 0 Å². The van der Waals surface area contributed by atoms with Crippen molar-refractivity contribution in [3.8, 4) is 0 Å². The summed E-state index contributed by atoms with van der Waals surface area (Å²) >= 11 is 0. The van der Waals surface area contributed by atoms with Crippen LogP contribution in [0.15, 0.2) is 23.3 Å². The second-order valence-electron chi connectivity index (χ2n) is 5.27. The van der Waals surface area contributed by atoms with Crippen LogP contribution in [0.25, 0.3) is 0 Å². The third-order valence-electron chi connectivity index (χ3n) is 2.18. The first-order valence-corrected chi connectivity index (χ1v) is 13.2. The zero-order valence-electron chi connectivity index (χ0n) is 15.1. The van der Waals surface area contributed by atoms with E-state index in [0.29, 0.717) is 0 Å². The highest BCUT2D eigenvalue weighted by atomic mass is 31.3. The molecule has 0 aliphatic heterocycles. The Morgan fingerprint density at radius 2 is 1.18 bits per heavy atom. The molecule has 0 heterocycles. The first-order chi connectivity index (χ1) is 12.2. The number of rotatable bonds is 10. The Balaban J connectivity index is 0. The molecular weight excluding hydrogens is 468 g/mol. The molecule has 168 valence electrons. The molecule has 0 bridgehead atoms.